The largest absolute Gasteiger partial charge is 0.349 e. The third-order valence-corrected chi connectivity index (χ3v) is 6.78. The highest BCUT2D eigenvalue weighted by molar-refractivity contribution is 5.85. The Hall–Kier alpha value is -1.06. The van der Waals surface area contributed by atoms with E-state index in [9.17, 15) is 4.79 Å². The first-order valence-corrected chi connectivity index (χ1v) is 14.1. The number of rotatable bonds is 20. The minimum Gasteiger partial charge on any atom is -0.349 e. The van der Waals surface area contributed by atoms with E-state index in [1.165, 1.54) is 83.5 Å². The lowest BCUT2D eigenvalue weighted by Gasteiger charge is -2.27. The zero-order chi connectivity index (χ0) is 24.4. The highest BCUT2D eigenvalue weighted by Gasteiger charge is 2.23. The number of halogens is 1. The minimum atomic E-state index is -0.414. The molecule has 4 heteroatoms. The van der Waals surface area contributed by atoms with Crippen LogP contribution in [0.15, 0.2) is 24.3 Å². The fourth-order valence-corrected chi connectivity index (χ4v) is 4.71. The standard InChI is InChI=1S/C30H54N2O.ClH/c1-5-7-8-9-10-11-12-13-14-15-16-17-18-19-20-25-29(33)32-28(6-2)26-23-21-22-24-27(26)30(3,4)31;/h21-24,28H,5-20,25,31H2,1-4H3,(H,32,33);1H. The summed E-state index contributed by atoms with van der Waals surface area (Å²) in [4.78, 5) is 12.5. The third kappa shape index (κ3) is 15.0. The van der Waals surface area contributed by atoms with Crippen molar-refractivity contribution >= 4 is 18.3 Å². The quantitative estimate of drug-likeness (QED) is 0.177. The predicted octanol–water partition coefficient (Wildman–Crippen LogP) is 9.13. The van der Waals surface area contributed by atoms with Crippen molar-refractivity contribution in [1.82, 2.24) is 5.32 Å². The zero-order valence-electron chi connectivity index (χ0n) is 22.8. The molecule has 0 saturated carbocycles. The lowest BCUT2D eigenvalue weighted by atomic mass is 9.87. The molecule has 0 aliphatic heterocycles. The molecular weight excluding hydrogens is 440 g/mol. The summed E-state index contributed by atoms with van der Waals surface area (Å²) in [6, 6.07) is 8.28. The number of unbranched alkanes of at least 4 members (excludes halogenated alkanes) is 14. The highest BCUT2D eigenvalue weighted by Crippen LogP contribution is 2.28. The van der Waals surface area contributed by atoms with Gasteiger partial charge in [0.05, 0.1) is 6.04 Å². The van der Waals surface area contributed by atoms with E-state index in [1.54, 1.807) is 0 Å². The fraction of sp³-hybridized carbons (Fsp3) is 0.767. The molecule has 1 rings (SSSR count). The van der Waals surface area contributed by atoms with Gasteiger partial charge in [-0.2, -0.15) is 0 Å². The van der Waals surface area contributed by atoms with Gasteiger partial charge in [-0.05, 0) is 37.8 Å². The molecule has 0 aliphatic carbocycles. The average Bonchev–Trinajstić information content (AvgIpc) is 2.79. The maximum Gasteiger partial charge on any atom is 0.220 e. The first kappa shape index (κ1) is 32.9. The molecule has 34 heavy (non-hydrogen) atoms. The van der Waals surface area contributed by atoms with E-state index in [0.717, 1.165) is 30.4 Å². The number of hydrogen-bond acceptors (Lipinski definition) is 2. The highest BCUT2D eigenvalue weighted by atomic mass is 35.5. The molecule has 0 aliphatic rings. The Balaban J connectivity index is 0.0000109. The molecule has 0 fully saturated rings. The summed E-state index contributed by atoms with van der Waals surface area (Å²) in [7, 11) is 0. The van der Waals surface area contributed by atoms with Crippen LogP contribution in [-0.2, 0) is 10.3 Å². The Labute approximate surface area is 217 Å². The topological polar surface area (TPSA) is 55.1 Å². The van der Waals surface area contributed by atoms with Crippen LogP contribution in [0.3, 0.4) is 0 Å². The van der Waals surface area contributed by atoms with Gasteiger partial charge in [0.1, 0.15) is 0 Å². The molecule has 1 amide bonds. The van der Waals surface area contributed by atoms with Gasteiger partial charge in [-0.25, -0.2) is 0 Å². The second kappa shape index (κ2) is 20.2. The molecule has 0 heterocycles. The van der Waals surface area contributed by atoms with Crippen molar-refractivity contribution in [3.05, 3.63) is 35.4 Å². The molecule has 1 aromatic carbocycles. The Morgan fingerprint density at radius 1 is 0.794 bits per heavy atom. The lowest BCUT2D eigenvalue weighted by Crippen LogP contribution is -2.34. The number of nitrogens with one attached hydrogen (secondary N) is 1. The predicted molar refractivity (Wildman–Crippen MR) is 152 cm³/mol. The monoisotopic (exact) mass is 494 g/mol. The summed E-state index contributed by atoms with van der Waals surface area (Å²) in [6.07, 6.45) is 21.7. The van der Waals surface area contributed by atoms with Gasteiger partial charge in [-0.3, -0.25) is 4.79 Å². The number of nitrogens with two attached hydrogens (primary N) is 1. The van der Waals surface area contributed by atoms with Gasteiger partial charge >= 0.3 is 0 Å². The van der Waals surface area contributed by atoms with Crippen molar-refractivity contribution in [2.75, 3.05) is 0 Å². The van der Waals surface area contributed by atoms with Crippen LogP contribution in [0.1, 0.15) is 154 Å². The normalized spacial score (nSPS) is 12.3. The Kier molecular flexibility index (Phi) is 19.5. The smallest absolute Gasteiger partial charge is 0.220 e. The molecular formula is C30H55ClN2O. The summed E-state index contributed by atoms with van der Waals surface area (Å²) < 4.78 is 0. The van der Waals surface area contributed by atoms with Gasteiger partial charge in [0, 0.05) is 12.0 Å². The summed E-state index contributed by atoms with van der Waals surface area (Å²) in [5, 5.41) is 3.25. The zero-order valence-corrected chi connectivity index (χ0v) is 23.6. The second-order valence-electron chi connectivity index (χ2n) is 10.5. The summed E-state index contributed by atoms with van der Waals surface area (Å²) in [6.45, 7) is 8.45. The van der Waals surface area contributed by atoms with Crippen LogP contribution >= 0.6 is 12.4 Å². The molecule has 0 bridgehead atoms. The molecule has 0 spiro atoms. The fourth-order valence-electron chi connectivity index (χ4n) is 4.71. The van der Waals surface area contributed by atoms with Crippen LogP contribution in [0.2, 0.25) is 0 Å². The minimum absolute atomic E-state index is 0. The molecule has 0 saturated heterocycles. The average molecular weight is 495 g/mol. The Morgan fingerprint density at radius 3 is 1.68 bits per heavy atom. The van der Waals surface area contributed by atoms with E-state index in [-0.39, 0.29) is 24.4 Å². The van der Waals surface area contributed by atoms with E-state index < -0.39 is 5.54 Å². The summed E-state index contributed by atoms with van der Waals surface area (Å²) >= 11 is 0. The van der Waals surface area contributed by atoms with E-state index in [4.69, 9.17) is 5.73 Å². The molecule has 1 aromatic rings. The maximum absolute atomic E-state index is 12.5. The number of amides is 1. The first-order chi connectivity index (χ1) is 15.9. The van der Waals surface area contributed by atoms with Crippen LogP contribution in [0.5, 0.6) is 0 Å². The summed E-state index contributed by atoms with van der Waals surface area (Å²) in [5.41, 5.74) is 8.22. The number of carbonyl (C=O) groups excluding carboxylic acids is 1. The van der Waals surface area contributed by atoms with E-state index in [2.05, 4.69) is 31.3 Å². The molecule has 3 N–H and O–H groups in total. The van der Waals surface area contributed by atoms with Gasteiger partial charge in [-0.15, -0.1) is 12.4 Å². The lowest BCUT2D eigenvalue weighted by molar-refractivity contribution is -0.122. The Bertz CT molecular complexity index is 626. The van der Waals surface area contributed by atoms with Crippen molar-refractivity contribution < 1.29 is 4.79 Å². The van der Waals surface area contributed by atoms with Crippen LogP contribution in [0.4, 0.5) is 0 Å². The van der Waals surface area contributed by atoms with Crippen molar-refractivity contribution in [3.8, 4) is 0 Å². The van der Waals surface area contributed by atoms with Crippen LogP contribution < -0.4 is 11.1 Å². The molecule has 1 unspecified atom stereocenters. The third-order valence-electron chi connectivity index (χ3n) is 6.78. The number of benzene rings is 1. The molecule has 0 aromatic heterocycles. The van der Waals surface area contributed by atoms with E-state index in [0.29, 0.717) is 6.42 Å². The van der Waals surface area contributed by atoms with Gasteiger partial charge in [0.25, 0.3) is 0 Å². The van der Waals surface area contributed by atoms with Gasteiger partial charge in [0.2, 0.25) is 5.91 Å². The van der Waals surface area contributed by atoms with Crippen molar-refractivity contribution in [2.45, 2.75) is 148 Å². The molecule has 1 atom stereocenters. The number of hydrogen-bond donors (Lipinski definition) is 2. The number of carbonyl (C=O) groups is 1. The van der Waals surface area contributed by atoms with Crippen LogP contribution in [0, 0.1) is 0 Å². The Morgan fingerprint density at radius 2 is 1.24 bits per heavy atom. The van der Waals surface area contributed by atoms with Gasteiger partial charge in [-0.1, -0.05) is 128 Å². The summed E-state index contributed by atoms with van der Waals surface area (Å²) in [5.74, 6) is 0.168. The van der Waals surface area contributed by atoms with Crippen LogP contribution in [-0.4, -0.2) is 5.91 Å². The van der Waals surface area contributed by atoms with Crippen LogP contribution in [0.25, 0.3) is 0 Å². The maximum atomic E-state index is 12.5. The van der Waals surface area contributed by atoms with Crippen molar-refractivity contribution in [1.29, 1.82) is 0 Å². The van der Waals surface area contributed by atoms with Crippen molar-refractivity contribution in [2.24, 2.45) is 5.73 Å². The van der Waals surface area contributed by atoms with E-state index in [1.807, 2.05) is 26.0 Å². The molecule has 198 valence electrons. The SMILES string of the molecule is CCCCCCCCCCCCCCCCCC(=O)NC(CC)c1ccccc1C(C)(C)N.Cl. The second-order valence-corrected chi connectivity index (χ2v) is 10.5. The molecule has 0 radical (unpaired) electrons. The van der Waals surface area contributed by atoms with Crippen molar-refractivity contribution in [3.63, 3.8) is 0 Å². The first-order valence-electron chi connectivity index (χ1n) is 14.1. The van der Waals surface area contributed by atoms with Gasteiger partial charge in [0.15, 0.2) is 0 Å². The van der Waals surface area contributed by atoms with Gasteiger partial charge < -0.3 is 11.1 Å². The molecule has 3 nitrogen and oxygen atoms in total. The van der Waals surface area contributed by atoms with E-state index >= 15 is 0 Å².